The summed E-state index contributed by atoms with van der Waals surface area (Å²) in [4.78, 5) is 13.6. The van der Waals surface area contributed by atoms with Crippen LogP contribution in [-0.2, 0) is 22.5 Å². The Balaban J connectivity index is 1.96. The van der Waals surface area contributed by atoms with Gasteiger partial charge in [0, 0.05) is 24.6 Å². The summed E-state index contributed by atoms with van der Waals surface area (Å²) in [6.07, 6.45) is 2.45. The summed E-state index contributed by atoms with van der Waals surface area (Å²) in [7, 11) is 0. The van der Waals surface area contributed by atoms with Crippen molar-refractivity contribution in [2.75, 3.05) is 19.8 Å². The van der Waals surface area contributed by atoms with Crippen LogP contribution in [0.4, 0.5) is 0 Å². The number of ether oxygens (including phenoxy) is 1. The number of amides is 1. The summed E-state index contributed by atoms with van der Waals surface area (Å²) in [5.74, 6) is 0.0775. The van der Waals surface area contributed by atoms with Crippen molar-refractivity contribution in [3.63, 3.8) is 0 Å². The molecule has 1 aromatic heterocycles. The Kier molecular flexibility index (Phi) is 4.96. The molecular weight excluding hydrogens is 260 g/mol. The molecule has 5 heteroatoms. The number of hydrogen-bond donors (Lipinski definition) is 2. The molecule has 2 rings (SSSR count). The summed E-state index contributed by atoms with van der Waals surface area (Å²) < 4.78 is 5.33. The highest BCUT2D eigenvalue weighted by Gasteiger charge is 2.38. The van der Waals surface area contributed by atoms with E-state index >= 15 is 0 Å². The highest BCUT2D eigenvalue weighted by atomic mass is 32.1. The number of aryl methyl sites for hydroxylation is 1. The van der Waals surface area contributed by atoms with Gasteiger partial charge in [0.25, 0.3) is 0 Å². The Hall–Kier alpha value is -0.910. The molecule has 1 aliphatic heterocycles. The summed E-state index contributed by atoms with van der Waals surface area (Å²) in [6.45, 7) is 4.40. The number of carbonyl (C=O) groups excluding carboxylic acids is 1. The standard InChI is InChI=1S/C14H22N2O2S/c1-2-11-3-8-19-12(11)9-16-13(17)14(10-15)4-6-18-7-5-14/h3,8H,2,4-7,9-10,15H2,1H3,(H,16,17). The Bertz CT molecular complexity index is 425. The van der Waals surface area contributed by atoms with E-state index in [9.17, 15) is 4.79 Å². The lowest BCUT2D eigenvalue weighted by atomic mass is 9.79. The molecule has 0 unspecified atom stereocenters. The van der Waals surface area contributed by atoms with E-state index in [1.165, 1.54) is 10.4 Å². The number of carbonyl (C=O) groups is 1. The van der Waals surface area contributed by atoms with Crippen molar-refractivity contribution < 1.29 is 9.53 Å². The molecule has 1 aromatic rings. The lowest BCUT2D eigenvalue weighted by Crippen LogP contribution is -2.48. The summed E-state index contributed by atoms with van der Waals surface area (Å²) >= 11 is 1.70. The van der Waals surface area contributed by atoms with Crippen LogP contribution in [0.5, 0.6) is 0 Å². The average molecular weight is 282 g/mol. The van der Waals surface area contributed by atoms with Gasteiger partial charge in [0.15, 0.2) is 0 Å². The van der Waals surface area contributed by atoms with Gasteiger partial charge in [-0.25, -0.2) is 0 Å². The zero-order chi connectivity index (χ0) is 13.7. The molecule has 1 fully saturated rings. The number of nitrogens with one attached hydrogen (secondary N) is 1. The zero-order valence-corrected chi connectivity index (χ0v) is 12.2. The van der Waals surface area contributed by atoms with Gasteiger partial charge in [-0.1, -0.05) is 6.92 Å². The van der Waals surface area contributed by atoms with Gasteiger partial charge < -0.3 is 15.8 Å². The van der Waals surface area contributed by atoms with Crippen molar-refractivity contribution in [3.05, 3.63) is 21.9 Å². The van der Waals surface area contributed by atoms with E-state index in [-0.39, 0.29) is 5.91 Å². The van der Waals surface area contributed by atoms with Gasteiger partial charge in [-0.05, 0) is 36.3 Å². The Morgan fingerprint density at radius 2 is 2.26 bits per heavy atom. The third kappa shape index (κ3) is 3.16. The largest absolute Gasteiger partial charge is 0.381 e. The molecule has 2 heterocycles. The summed E-state index contributed by atoms with van der Waals surface area (Å²) in [5.41, 5.74) is 6.72. The maximum atomic E-state index is 12.4. The second kappa shape index (κ2) is 6.50. The van der Waals surface area contributed by atoms with E-state index in [4.69, 9.17) is 10.5 Å². The monoisotopic (exact) mass is 282 g/mol. The Labute approximate surface area is 118 Å². The van der Waals surface area contributed by atoms with Crippen molar-refractivity contribution in [1.82, 2.24) is 5.32 Å². The number of thiophene rings is 1. The maximum absolute atomic E-state index is 12.4. The minimum Gasteiger partial charge on any atom is -0.381 e. The van der Waals surface area contributed by atoms with Gasteiger partial charge in [-0.3, -0.25) is 4.79 Å². The molecule has 0 spiro atoms. The predicted octanol–water partition coefficient (Wildman–Crippen LogP) is 1.68. The average Bonchev–Trinajstić information content (AvgIpc) is 2.92. The van der Waals surface area contributed by atoms with Crippen LogP contribution in [0.25, 0.3) is 0 Å². The van der Waals surface area contributed by atoms with E-state index in [1.807, 2.05) is 0 Å². The van der Waals surface area contributed by atoms with Crippen LogP contribution < -0.4 is 11.1 Å². The van der Waals surface area contributed by atoms with Crippen molar-refractivity contribution >= 4 is 17.2 Å². The van der Waals surface area contributed by atoms with E-state index in [0.717, 1.165) is 19.3 Å². The van der Waals surface area contributed by atoms with Gasteiger partial charge in [-0.15, -0.1) is 11.3 Å². The Morgan fingerprint density at radius 1 is 1.53 bits per heavy atom. The minimum absolute atomic E-state index is 0.0775. The molecule has 0 bridgehead atoms. The molecule has 0 aliphatic carbocycles. The molecule has 0 saturated carbocycles. The second-order valence-corrected chi connectivity index (χ2v) is 6.00. The van der Waals surface area contributed by atoms with Gasteiger partial charge in [-0.2, -0.15) is 0 Å². The van der Waals surface area contributed by atoms with Gasteiger partial charge in [0.1, 0.15) is 0 Å². The van der Waals surface area contributed by atoms with E-state index in [0.29, 0.717) is 26.3 Å². The predicted molar refractivity (Wildman–Crippen MR) is 77.1 cm³/mol. The van der Waals surface area contributed by atoms with Crippen molar-refractivity contribution in [2.45, 2.75) is 32.7 Å². The molecule has 1 saturated heterocycles. The quantitative estimate of drug-likeness (QED) is 0.863. The van der Waals surface area contributed by atoms with Crippen LogP contribution >= 0.6 is 11.3 Å². The fourth-order valence-corrected chi connectivity index (χ4v) is 3.39. The highest BCUT2D eigenvalue weighted by Crippen LogP contribution is 2.29. The van der Waals surface area contributed by atoms with Crippen LogP contribution in [0.1, 0.15) is 30.2 Å². The van der Waals surface area contributed by atoms with Gasteiger partial charge in [0.05, 0.1) is 12.0 Å². The first kappa shape index (κ1) is 14.5. The van der Waals surface area contributed by atoms with Crippen molar-refractivity contribution in [3.8, 4) is 0 Å². The highest BCUT2D eigenvalue weighted by molar-refractivity contribution is 7.10. The van der Waals surface area contributed by atoms with Crippen LogP contribution in [0, 0.1) is 5.41 Å². The molecule has 3 N–H and O–H groups in total. The minimum atomic E-state index is -0.429. The van der Waals surface area contributed by atoms with Gasteiger partial charge in [0.2, 0.25) is 5.91 Å². The number of rotatable bonds is 5. The van der Waals surface area contributed by atoms with Crippen LogP contribution in [0.3, 0.4) is 0 Å². The normalized spacial score (nSPS) is 18.2. The maximum Gasteiger partial charge on any atom is 0.227 e. The molecule has 0 aromatic carbocycles. The first-order valence-electron chi connectivity index (χ1n) is 6.83. The molecule has 0 radical (unpaired) electrons. The lowest BCUT2D eigenvalue weighted by molar-refractivity contribution is -0.136. The smallest absolute Gasteiger partial charge is 0.227 e. The molecular formula is C14H22N2O2S. The molecule has 4 nitrogen and oxygen atoms in total. The van der Waals surface area contributed by atoms with Crippen LogP contribution in [0.15, 0.2) is 11.4 Å². The number of hydrogen-bond acceptors (Lipinski definition) is 4. The summed E-state index contributed by atoms with van der Waals surface area (Å²) in [6, 6.07) is 2.12. The molecule has 19 heavy (non-hydrogen) atoms. The third-order valence-electron chi connectivity index (χ3n) is 3.95. The molecule has 0 atom stereocenters. The van der Waals surface area contributed by atoms with Crippen molar-refractivity contribution in [2.24, 2.45) is 11.1 Å². The van der Waals surface area contributed by atoms with Crippen molar-refractivity contribution in [1.29, 1.82) is 0 Å². The van der Waals surface area contributed by atoms with Crippen LogP contribution in [-0.4, -0.2) is 25.7 Å². The van der Waals surface area contributed by atoms with E-state index in [2.05, 4.69) is 23.7 Å². The van der Waals surface area contributed by atoms with Crippen LogP contribution in [0.2, 0.25) is 0 Å². The number of nitrogens with two attached hydrogens (primary N) is 1. The first-order valence-corrected chi connectivity index (χ1v) is 7.71. The van der Waals surface area contributed by atoms with E-state index in [1.54, 1.807) is 11.3 Å². The third-order valence-corrected chi connectivity index (χ3v) is 4.91. The lowest BCUT2D eigenvalue weighted by Gasteiger charge is -2.34. The zero-order valence-electron chi connectivity index (χ0n) is 11.4. The van der Waals surface area contributed by atoms with Gasteiger partial charge >= 0.3 is 0 Å². The molecule has 1 amide bonds. The summed E-state index contributed by atoms with van der Waals surface area (Å²) in [5, 5.41) is 5.13. The Morgan fingerprint density at radius 3 is 2.89 bits per heavy atom. The molecule has 106 valence electrons. The fraction of sp³-hybridized carbons (Fsp3) is 0.643. The second-order valence-electron chi connectivity index (χ2n) is 5.00. The van der Waals surface area contributed by atoms with E-state index < -0.39 is 5.41 Å². The topological polar surface area (TPSA) is 64.4 Å². The fourth-order valence-electron chi connectivity index (χ4n) is 2.47. The molecule has 1 aliphatic rings. The SMILES string of the molecule is CCc1ccsc1CNC(=O)C1(CN)CCOCC1. The first-order chi connectivity index (χ1) is 9.22.